The van der Waals surface area contributed by atoms with E-state index >= 15 is 0 Å². The smallest absolute Gasteiger partial charge is 0.245 e. The van der Waals surface area contributed by atoms with Gasteiger partial charge >= 0.3 is 0 Å². The van der Waals surface area contributed by atoms with Gasteiger partial charge in [-0.25, -0.2) is 4.39 Å². The average molecular weight is 157 g/mol. The highest BCUT2D eigenvalue weighted by molar-refractivity contribution is 5.87. The number of halogens is 1. The van der Waals surface area contributed by atoms with E-state index in [1.165, 1.54) is 6.08 Å². The SMILES string of the molecule is C=CC(=O)N1CCC(F)CC1. The van der Waals surface area contributed by atoms with Gasteiger partial charge in [0, 0.05) is 13.1 Å². The van der Waals surface area contributed by atoms with Gasteiger partial charge in [-0.2, -0.15) is 0 Å². The second-order valence-corrected chi connectivity index (χ2v) is 2.70. The molecular weight excluding hydrogens is 145 g/mol. The van der Waals surface area contributed by atoms with E-state index in [1.54, 1.807) is 4.90 Å². The molecule has 0 aromatic rings. The van der Waals surface area contributed by atoms with Crippen molar-refractivity contribution in [3.63, 3.8) is 0 Å². The number of rotatable bonds is 1. The molecule has 1 aliphatic rings. The first-order chi connectivity index (χ1) is 5.24. The van der Waals surface area contributed by atoms with Crippen LogP contribution in [0.3, 0.4) is 0 Å². The molecule has 1 amide bonds. The topological polar surface area (TPSA) is 20.3 Å². The van der Waals surface area contributed by atoms with Crippen LogP contribution >= 0.6 is 0 Å². The summed E-state index contributed by atoms with van der Waals surface area (Å²) in [6, 6.07) is 0. The van der Waals surface area contributed by atoms with Crippen LogP contribution in [0.2, 0.25) is 0 Å². The number of hydrogen-bond acceptors (Lipinski definition) is 1. The molecule has 0 N–H and O–H groups in total. The lowest BCUT2D eigenvalue weighted by Crippen LogP contribution is -2.37. The van der Waals surface area contributed by atoms with Gasteiger partial charge < -0.3 is 4.90 Å². The Morgan fingerprint density at radius 2 is 2.09 bits per heavy atom. The lowest BCUT2D eigenvalue weighted by molar-refractivity contribution is -0.127. The van der Waals surface area contributed by atoms with E-state index in [1.807, 2.05) is 0 Å². The third-order valence-electron chi connectivity index (χ3n) is 1.91. The minimum atomic E-state index is -0.719. The molecule has 3 heteroatoms. The van der Waals surface area contributed by atoms with Crippen LogP contribution in [0.4, 0.5) is 4.39 Å². The minimum Gasteiger partial charge on any atom is -0.339 e. The van der Waals surface area contributed by atoms with Crippen molar-refractivity contribution in [2.24, 2.45) is 0 Å². The molecule has 1 rings (SSSR count). The fourth-order valence-corrected chi connectivity index (χ4v) is 1.20. The van der Waals surface area contributed by atoms with E-state index in [0.29, 0.717) is 25.9 Å². The fraction of sp³-hybridized carbons (Fsp3) is 0.625. The van der Waals surface area contributed by atoms with Gasteiger partial charge in [-0.1, -0.05) is 6.58 Å². The molecule has 0 bridgehead atoms. The summed E-state index contributed by atoms with van der Waals surface area (Å²) in [6.45, 7) is 4.44. The summed E-state index contributed by atoms with van der Waals surface area (Å²) in [4.78, 5) is 12.6. The number of nitrogens with zero attached hydrogens (tertiary/aromatic N) is 1. The van der Waals surface area contributed by atoms with E-state index in [4.69, 9.17) is 0 Å². The Bertz CT molecular complexity index is 161. The summed E-state index contributed by atoms with van der Waals surface area (Å²) in [5, 5.41) is 0. The zero-order valence-electron chi connectivity index (χ0n) is 6.42. The first kappa shape index (κ1) is 8.24. The molecule has 1 fully saturated rings. The highest BCUT2D eigenvalue weighted by Crippen LogP contribution is 2.12. The van der Waals surface area contributed by atoms with Crippen molar-refractivity contribution in [2.45, 2.75) is 19.0 Å². The third kappa shape index (κ3) is 2.03. The van der Waals surface area contributed by atoms with Gasteiger partial charge in [-0.05, 0) is 18.9 Å². The van der Waals surface area contributed by atoms with Gasteiger partial charge in [0.15, 0.2) is 0 Å². The Hall–Kier alpha value is -0.860. The molecular formula is C8H12FNO. The fourth-order valence-electron chi connectivity index (χ4n) is 1.20. The molecule has 0 aromatic heterocycles. The third-order valence-corrected chi connectivity index (χ3v) is 1.91. The summed E-state index contributed by atoms with van der Waals surface area (Å²) in [5.41, 5.74) is 0. The number of alkyl halides is 1. The largest absolute Gasteiger partial charge is 0.339 e. The maximum atomic E-state index is 12.6. The molecule has 0 spiro atoms. The predicted octanol–water partition coefficient (Wildman–Crippen LogP) is 1.13. The number of likely N-dealkylation sites (tertiary alicyclic amines) is 1. The van der Waals surface area contributed by atoms with Gasteiger partial charge in [0.25, 0.3) is 0 Å². The van der Waals surface area contributed by atoms with E-state index in [9.17, 15) is 9.18 Å². The number of carbonyl (C=O) groups excluding carboxylic acids is 1. The Morgan fingerprint density at radius 3 is 2.55 bits per heavy atom. The Kier molecular flexibility index (Phi) is 2.63. The van der Waals surface area contributed by atoms with E-state index < -0.39 is 6.17 Å². The molecule has 0 aromatic carbocycles. The van der Waals surface area contributed by atoms with Gasteiger partial charge in [0.2, 0.25) is 5.91 Å². The highest BCUT2D eigenvalue weighted by Gasteiger charge is 2.20. The van der Waals surface area contributed by atoms with Crippen molar-refractivity contribution in [3.05, 3.63) is 12.7 Å². The Labute approximate surface area is 65.7 Å². The first-order valence-electron chi connectivity index (χ1n) is 3.79. The number of hydrogen-bond donors (Lipinski definition) is 0. The molecule has 1 heterocycles. The maximum Gasteiger partial charge on any atom is 0.245 e. The monoisotopic (exact) mass is 157 g/mol. The molecule has 0 aliphatic carbocycles. The van der Waals surface area contributed by atoms with Crippen molar-refractivity contribution in [2.75, 3.05) is 13.1 Å². The van der Waals surface area contributed by atoms with Gasteiger partial charge in [0.05, 0.1) is 0 Å². The quantitative estimate of drug-likeness (QED) is 0.522. The summed E-state index contributed by atoms with van der Waals surface area (Å²) in [5.74, 6) is -0.0862. The Balaban J connectivity index is 2.38. The van der Waals surface area contributed by atoms with Crippen LogP contribution in [-0.4, -0.2) is 30.1 Å². The standard InChI is InChI=1S/C8H12FNO/c1-2-8(11)10-5-3-7(9)4-6-10/h2,7H,1,3-6H2. The minimum absolute atomic E-state index is 0.0862. The van der Waals surface area contributed by atoms with Crippen molar-refractivity contribution < 1.29 is 9.18 Å². The van der Waals surface area contributed by atoms with Gasteiger partial charge in [-0.15, -0.1) is 0 Å². The predicted molar refractivity (Wildman–Crippen MR) is 40.9 cm³/mol. The van der Waals surface area contributed by atoms with Gasteiger partial charge in [0.1, 0.15) is 6.17 Å². The second kappa shape index (κ2) is 3.51. The number of amides is 1. The van der Waals surface area contributed by atoms with Crippen LogP contribution in [0.1, 0.15) is 12.8 Å². The maximum absolute atomic E-state index is 12.6. The summed E-state index contributed by atoms with van der Waals surface area (Å²) in [6.07, 6.45) is 1.50. The van der Waals surface area contributed by atoms with Crippen LogP contribution in [-0.2, 0) is 4.79 Å². The summed E-state index contributed by atoms with van der Waals surface area (Å²) < 4.78 is 12.6. The second-order valence-electron chi connectivity index (χ2n) is 2.70. The van der Waals surface area contributed by atoms with Crippen molar-refractivity contribution >= 4 is 5.91 Å². The summed E-state index contributed by atoms with van der Waals surface area (Å²) in [7, 11) is 0. The van der Waals surface area contributed by atoms with Crippen molar-refractivity contribution in [3.8, 4) is 0 Å². The van der Waals surface area contributed by atoms with Crippen LogP contribution < -0.4 is 0 Å². The number of piperidine rings is 1. The molecule has 0 radical (unpaired) electrons. The Morgan fingerprint density at radius 1 is 1.55 bits per heavy atom. The van der Waals surface area contributed by atoms with Crippen molar-refractivity contribution in [1.29, 1.82) is 0 Å². The summed E-state index contributed by atoms with van der Waals surface area (Å²) >= 11 is 0. The van der Waals surface area contributed by atoms with Crippen LogP contribution in [0.15, 0.2) is 12.7 Å². The van der Waals surface area contributed by atoms with Gasteiger partial charge in [-0.3, -0.25) is 4.79 Å². The van der Waals surface area contributed by atoms with Crippen LogP contribution in [0.25, 0.3) is 0 Å². The molecule has 1 saturated heterocycles. The molecule has 0 saturated carbocycles. The molecule has 11 heavy (non-hydrogen) atoms. The lowest BCUT2D eigenvalue weighted by Gasteiger charge is -2.27. The molecule has 62 valence electrons. The molecule has 0 unspecified atom stereocenters. The lowest BCUT2D eigenvalue weighted by atomic mass is 10.1. The highest BCUT2D eigenvalue weighted by atomic mass is 19.1. The zero-order chi connectivity index (χ0) is 8.27. The molecule has 1 aliphatic heterocycles. The van der Waals surface area contributed by atoms with E-state index in [0.717, 1.165) is 0 Å². The van der Waals surface area contributed by atoms with Crippen molar-refractivity contribution in [1.82, 2.24) is 4.90 Å². The van der Waals surface area contributed by atoms with Crippen LogP contribution in [0.5, 0.6) is 0 Å². The van der Waals surface area contributed by atoms with E-state index in [-0.39, 0.29) is 5.91 Å². The first-order valence-corrected chi connectivity index (χ1v) is 3.79. The molecule has 0 atom stereocenters. The molecule has 2 nitrogen and oxygen atoms in total. The normalized spacial score (nSPS) is 19.9. The number of carbonyl (C=O) groups is 1. The van der Waals surface area contributed by atoms with E-state index in [2.05, 4.69) is 6.58 Å². The van der Waals surface area contributed by atoms with Crippen LogP contribution in [0, 0.1) is 0 Å². The zero-order valence-corrected chi connectivity index (χ0v) is 6.42. The average Bonchev–Trinajstić information content (AvgIpc) is 2.05.